The molecule has 0 aliphatic carbocycles. The second kappa shape index (κ2) is 6.11. The average Bonchev–Trinajstić information content (AvgIpc) is 2.51. The van der Waals surface area contributed by atoms with E-state index in [1.807, 2.05) is 36.8 Å². The molecule has 0 aliphatic heterocycles. The first kappa shape index (κ1) is 13.2. The average molecular weight is 328 g/mol. The molecule has 100 valence electrons. The van der Waals surface area contributed by atoms with Gasteiger partial charge in [-0.2, -0.15) is 0 Å². The number of rotatable bonds is 4. The molecule has 4 heteroatoms. The van der Waals surface area contributed by atoms with Crippen molar-refractivity contribution in [2.75, 3.05) is 0 Å². The molecule has 1 N–H and O–H groups in total. The van der Waals surface area contributed by atoms with Crippen LogP contribution < -0.4 is 5.32 Å². The maximum absolute atomic E-state index is 4.49. The van der Waals surface area contributed by atoms with Gasteiger partial charge in [-0.15, -0.1) is 0 Å². The number of halogens is 1. The number of benzene rings is 1. The Morgan fingerprint density at radius 1 is 0.950 bits per heavy atom. The molecule has 0 spiro atoms. The number of nitrogens with zero attached hydrogens (tertiary/aromatic N) is 2. The van der Waals surface area contributed by atoms with Crippen LogP contribution in [0.4, 0.5) is 0 Å². The van der Waals surface area contributed by atoms with E-state index in [9.17, 15) is 0 Å². The summed E-state index contributed by atoms with van der Waals surface area (Å²) >= 11 is 3.57. The number of hydrogen-bond donors (Lipinski definition) is 1. The quantitative estimate of drug-likeness (QED) is 0.794. The van der Waals surface area contributed by atoms with Gasteiger partial charge in [0.05, 0.1) is 5.52 Å². The third-order valence-corrected chi connectivity index (χ3v) is 3.89. The minimum absolute atomic E-state index is 0.795. The molecular weight excluding hydrogens is 314 g/mol. The summed E-state index contributed by atoms with van der Waals surface area (Å²) in [7, 11) is 0. The molecule has 0 saturated heterocycles. The van der Waals surface area contributed by atoms with E-state index in [0.717, 1.165) is 28.5 Å². The molecule has 0 saturated carbocycles. The summed E-state index contributed by atoms with van der Waals surface area (Å²) in [4.78, 5) is 8.51. The Bertz CT molecular complexity index is 713. The van der Waals surface area contributed by atoms with Gasteiger partial charge in [0.25, 0.3) is 0 Å². The summed E-state index contributed by atoms with van der Waals surface area (Å²) in [6.07, 6.45) is 5.46. The van der Waals surface area contributed by atoms with E-state index in [1.165, 1.54) is 11.1 Å². The van der Waals surface area contributed by atoms with Crippen molar-refractivity contribution in [2.24, 2.45) is 0 Å². The topological polar surface area (TPSA) is 37.8 Å². The van der Waals surface area contributed by atoms with Crippen LogP contribution in [0.2, 0.25) is 0 Å². The zero-order chi connectivity index (χ0) is 13.8. The molecule has 1 aromatic carbocycles. The van der Waals surface area contributed by atoms with Crippen LogP contribution >= 0.6 is 15.9 Å². The van der Waals surface area contributed by atoms with E-state index in [-0.39, 0.29) is 0 Å². The molecule has 0 fully saturated rings. The zero-order valence-corrected chi connectivity index (χ0v) is 12.5. The van der Waals surface area contributed by atoms with Gasteiger partial charge in [-0.05, 0) is 35.4 Å². The lowest BCUT2D eigenvalue weighted by atomic mass is 10.1. The first-order valence-corrected chi connectivity index (χ1v) is 7.25. The smallest absolute Gasteiger partial charge is 0.0758 e. The fraction of sp³-hybridized carbons (Fsp3) is 0.125. The van der Waals surface area contributed by atoms with Crippen LogP contribution in [0.15, 0.2) is 59.5 Å². The van der Waals surface area contributed by atoms with Crippen molar-refractivity contribution in [2.45, 2.75) is 13.1 Å². The van der Waals surface area contributed by atoms with Gasteiger partial charge in [-0.1, -0.05) is 28.1 Å². The SMILES string of the molecule is Brc1ccc(CNCc2ccncc2)c2ncccc12. The maximum Gasteiger partial charge on any atom is 0.0758 e. The summed E-state index contributed by atoms with van der Waals surface area (Å²) < 4.78 is 1.08. The number of aromatic nitrogens is 2. The van der Waals surface area contributed by atoms with E-state index in [1.54, 1.807) is 0 Å². The molecule has 20 heavy (non-hydrogen) atoms. The lowest BCUT2D eigenvalue weighted by molar-refractivity contribution is 0.695. The molecule has 3 nitrogen and oxygen atoms in total. The van der Waals surface area contributed by atoms with E-state index in [0.29, 0.717) is 0 Å². The number of pyridine rings is 2. The second-order valence-corrected chi connectivity index (χ2v) is 5.42. The molecule has 3 rings (SSSR count). The molecule has 2 aromatic heterocycles. The van der Waals surface area contributed by atoms with Crippen molar-refractivity contribution in [1.29, 1.82) is 0 Å². The minimum atomic E-state index is 0.795. The number of fused-ring (bicyclic) bond motifs is 1. The lowest BCUT2D eigenvalue weighted by Gasteiger charge is -2.09. The Morgan fingerprint density at radius 3 is 2.65 bits per heavy atom. The number of hydrogen-bond acceptors (Lipinski definition) is 3. The maximum atomic E-state index is 4.49. The van der Waals surface area contributed by atoms with Crippen LogP contribution in [0, 0.1) is 0 Å². The molecule has 3 aromatic rings. The summed E-state index contributed by atoms with van der Waals surface area (Å²) in [5, 5.41) is 4.60. The fourth-order valence-corrected chi connectivity index (χ4v) is 2.63. The zero-order valence-electron chi connectivity index (χ0n) is 10.9. The van der Waals surface area contributed by atoms with E-state index >= 15 is 0 Å². The summed E-state index contributed by atoms with van der Waals surface area (Å²) in [5.74, 6) is 0. The highest BCUT2D eigenvalue weighted by Crippen LogP contribution is 2.25. The van der Waals surface area contributed by atoms with E-state index in [2.05, 4.69) is 49.4 Å². The predicted molar refractivity (Wildman–Crippen MR) is 84.2 cm³/mol. The van der Waals surface area contributed by atoms with Crippen molar-refractivity contribution in [3.63, 3.8) is 0 Å². The summed E-state index contributed by atoms with van der Waals surface area (Å²) in [6, 6.07) is 12.3. The number of nitrogens with one attached hydrogen (secondary N) is 1. The van der Waals surface area contributed by atoms with Crippen molar-refractivity contribution in [3.8, 4) is 0 Å². The van der Waals surface area contributed by atoms with Crippen LogP contribution in [0.1, 0.15) is 11.1 Å². The van der Waals surface area contributed by atoms with Crippen molar-refractivity contribution >= 4 is 26.8 Å². The molecule has 0 atom stereocenters. The molecular formula is C16H14BrN3. The summed E-state index contributed by atoms with van der Waals surface area (Å²) in [6.45, 7) is 1.62. The van der Waals surface area contributed by atoms with Gasteiger partial charge in [0.15, 0.2) is 0 Å². The third-order valence-electron chi connectivity index (χ3n) is 3.19. The predicted octanol–water partition coefficient (Wildman–Crippen LogP) is 3.68. The van der Waals surface area contributed by atoms with Crippen LogP contribution in [-0.4, -0.2) is 9.97 Å². The van der Waals surface area contributed by atoms with Crippen molar-refractivity contribution in [3.05, 3.63) is 70.6 Å². The monoisotopic (exact) mass is 327 g/mol. The third kappa shape index (κ3) is 2.86. The normalized spacial score (nSPS) is 10.8. The molecule has 0 radical (unpaired) electrons. The molecule has 0 bridgehead atoms. The van der Waals surface area contributed by atoms with E-state index in [4.69, 9.17) is 0 Å². The van der Waals surface area contributed by atoms with Crippen molar-refractivity contribution < 1.29 is 0 Å². The Labute approximate surface area is 126 Å². The van der Waals surface area contributed by atoms with Gasteiger partial charge in [-0.25, -0.2) is 0 Å². The summed E-state index contributed by atoms with van der Waals surface area (Å²) in [5.41, 5.74) is 3.48. The van der Waals surface area contributed by atoms with Gasteiger partial charge in [-0.3, -0.25) is 9.97 Å². The highest BCUT2D eigenvalue weighted by molar-refractivity contribution is 9.10. The van der Waals surface area contributed by atoms with Crippen LogP contribution in [0.3, 0.4) is 0 Å². The molecule has 0 unspecified atom stereocenters. The minimum Gasteiger partial charge on any atom is -0.309 e. The lowest BCUT2D eigenvalue weighted by Crippen LogP contribution is -2.13. The Morgan fingerprint density at radius 2 is 1.80 bits per heavy atom. The second-order valence-electron chi connectivity index (χ2n) is 4.57. The molecule has 0 amide bonds. The first-order valence-electron chi connectivity index (χ1n) is 6.46. The van der Waals surface area contributed by atoms with Gasteiger partial charge in [0.2, 0.25) is 0 Å². The Kier molecular flexibility index (Phi) is 4.04. The van der Waals surface area contributed by atoms with Crippen molar-refractivity contribution in [1.82, 2.24) is 15.3 Å². The standard InChI is InChI=1S/C16H14BrN3/c17-15-4-3-13(16-14(15)2-1-7-20-16)11-19-10-12-5-8-18-9-6-12/h1-9,19H,10-11H2. The Balaban J connectivity index is 1.77. The van der Waals surface area contributed by atoms with Gasteiger partial charge in [0, 0.05) is 41.5 Å². The van der Waals surface area contributed by atoms with Crippen LogP contribution in [0.5, 0.6) is 0 Å². The molecule has 2 heterocycles. The first-order chi connectivity index (χ1) is 9.84. The Hall–Kier alpha value is -1.78. The van der Waals surface area contributed by atoms with Crippen LogP contribution in [-0.2, 0) is 13.1 Å². The fourth-order valence-electron chi connectivity index (χ4n) is 2.18. The van der Waals surface area contributed by atoms with E-state index < -0.39 is 0 Å². The highest BCUT2D eigenvalue weighted by Gasteiger charge is 2.04. The van der Waals surface area contributed by atoms with Gasteiger partial charge < -0.3 is 5.32 Å². The van der Waals surface area contributed by atoms with Crippen LogP contribution in [0.25, 0.3) is 10.9 Å². The van der Waals surface area contributed by atoms with Gasteiger partial charge >= 0.3 is 0 Å². The van der Waals surface area contributed by atoms with Gasteiger partial charge in [0.1, 0.15) is 0 Å². The largest absolute Gasteiger partial charge is 0.309 e. The molecule has 0 aliphatic rings. The highest BCUT2D eigenvalue weighted by atomic mass is 79.9.